The third kappa shape index (κ3) is 5.28. The largest absolute Gasteiger partial charge is 0.868 e. The molecule has 1 aromatic rings. The molecule has 0 aliphatic carbocycles. The van der Waals surface area contributed by atoms with Crippen molar-refractivity contribution in [3.05, 3.63) is 38.4 Å². The van der Waals surface area contributed by atoms with Crippen LogP contribution in [0.15, 0.2) is 18.2 Å². The topological polar surface area (TPSA) is 109 Å². The summed E-state index contributed by atoms with van der Waals surface area (Å²) in [4.78, 5) is 18.6. The number of nitro groups is 2. The van der Waals surface area contributed by atoms with Crippen molar-refractivity contribution in [2.45, 2.75) is 27.7 Å². The van der Waals surface area contributed by atoms with Crippen LogP contribution in [0.25, 0.3) is 0 Å². The molecule has 0 aliphatic heterocycles. The minimum Gasteiger partial charge on any atom is -0.868 e. The number of benzene rings is 1. The van der Waals surface area contributed by atoms with Gasteiger partial charge in [-0.15, -0.1) is 0 Å². The minimum absolute atomic E-state index is 0.466. The zero-order valence-corrected chi connectivity index (χ0v) is 13.4. The van der Waals surface area contributed by atoms with Crippen LogP contribution in [0.4, 0.5) is 11.4 Å². The molecule has 8 nitrogen and oxygen atoms in total. The van der Waals surface area contributed by atoms with Crippen LogP contribution in [0, 0.1) is 20.2 Å². The molecule has 0 aromatic heterocycles. The number of hydrogen-bond donors (Lipinski definition) is 0. The summed E-state index contributed by atoms with van der Waals surface area (Å²) in [6, 6.07) is 2.37. The third-order valence-electron chi connectivity index (χ3n) is 4.03. The van der Waals surface area contributed by atoms with E-state index in [9.17, 15) is 25.3 Å². The normalized spacial score (nSPS) is 10.5. The van der Waals surface area contributed by atoms with Gasteiger partial charge in [-0.25, -0.2) is 0 Å². The Hall–Kier alpha value is -2.22. The van der Waals surface area contributed by atoms with E-state index in [0.717, 1.165) is 12.1 Å². The predicted molar refractivity (Wildman–Crippen MR) is 81.6 cm³/mol. The molecule has 22 heavy (non-hydrogen) atoms. The van der Waals surface area contributed by atoms with E-state index >= 15 is 0 Å². The van der Waals surface area contributed by atoms with Crippen molar-refractivity contribution in [3.8, 4) is 5.75 Å². The average molecular weight is 313 g/mol. The molecule has 0 amide bonds. The number of nitro benzene ring substituents is 2. The lowest BCUT2D eigenvalue weighted by Crippen LogP contribution is -2.47. The summed E-state index contributed by atoms with van der Waals surface area (Å²) in [5.74, 6) is -0.837. The first-order valence-electron chi connectivity index (χ1n) is 7.21. The van der Waals surface area contributed by atoms with E-state index < -0.39 is 27.0 Å². The molecule has 0 heterocycles. The van der Waals surface area contributed by atoms with Gasteiger partial charge in [0.1, 0.15) is 0 Å². The lowest BCUT2D eigenvalue weighted by molar-refractivity contribution is -0.921. The maximum atomic E-state index is 10.8. The first-order valence-corrected chi connectivity index (χ1v) is 7.21. The molecule has 0 N–H and O–H groups in total. The molecule has 0 saturated heterocycles. The Balaban J connectivity index is 0.000000433. The van der Waals surface area contributed by atoms with Crippen LogP contribution in [-0.2, 0) is 0 Å². The molecular formula is C14H23N3O5. The molecule has 0 fully saturated rings. The van der Waals surface area contributed by atoms with Gasteiger partial charge >= 0.3 is 0 Å². The molecule has 124 valence electrons. The van der Waals surface area contributed by atoms with Crippen molar-refractivity contribution in [2.24, 2.45) is 0 Å². The summed E-state index contributed by atoms with van der Waals surface area (Å²) in [7, 11) is 0. The van der Waals surface area contributed by atoms with Crippen molar-refractivity contribution in [3.63, 3.8) is 0 Å². The van der Waals surface area contributed by atoms with Gasteiger partial charge in [-0.2, -0.15) is 0 Å². The molecule has 0 radical (unpaired) electrons. The second-order valence-electron chi connectivity index (χ2n) is 4.77. The van der Waals surface area contributed by atoms with Gasteiger partial charge in [-0.05, 0) is 33.4 Å². The lowest BCUT2D eigenvalue weighted by atomic mass is 10.2. The predicted octanol–water partition coefficient (Wildman–Crippen LogP) is 2.46. The lowest BCUT2D eigenvalue weighted by Gasteiger charge is -2.34. The molecule has 1 rings (SSSR count). The summed E-state index contributed by atoms with van der Waals surface area (Å²) in [6.07, 6.45) is 0. The Labute approximate surface area is 129 Å². The molecule has 1 aromatic carbocycles. The first kappa shape index (κ1) is 19.8. The zero-order chi connectivity index (χ0) is 17.3. The number of nitrogens with zero attached hydrogens (tertiary/aromatic N) is 3. The van der Waals surface area contributed by atoms with Crippen molar-refractivity contribution in [1.82, 2.24) is 0 Å². The van der Waals surface area contributed by atoms with E-state index in [0.29, 0.717) is 6.07 Å². The van der Waals surface area contributed by atoms with Gasteiger partial charge in [0.05, 0.1) is 42.1 Å². The average Bonchev–Trinajstić information content (AvgIpc) is 2.50. The van der Waals surface area contributed by atoms with Crippen LogP contribution in [-0.4, -0.2) is 40.5 Å². The van der Waals surface area contributed by atoms with E-state index in [4.69, 9.17) is 0 Å². The summed E-state index contributed by atoms with van der Waals surface area (Å²) in [5.41, 5.74) is -1.25. The first-order chi connectivity index (χ1) is 10.3. The maximum Gasteiger partial charge on any atom is 0.276 e. The van der Waals surface area contributed by atoms with Crippen molar-refractivity contribution in [1.29, 1.82) is 0 Å². The molecule has 0 unspecified atom stereocenters. The highest BCUT2D eigenvalue weighted by molar-refractivity contribution is 5.51. The van der Waals surface area contributed by atoms with Gasteiger partial charge in [-0.3, -0.25) is 20.2 Å². The summed E-state index contributed by atoms with van der Waals surface area (Å²) in [6.45, 7) is 14.2. The van der Waals surface area contributed by atoms with Crippen LogP contribution in [0.1, 0.15) is 27.7 Å². The SMILES string of the molecule is CC[N+](CC)(CC)CC.O=[N+]([O-])c1ccc([O-])c([N+](=O)[O-])c1. The number of quaternary nitrogens is 1. The Bertz CT molecular complexity index is 498. The van der Waals surface area contributed by atoms with Crippen LogP contribution in [0.5, 0.6) is 5.75 Å². The van der Waals surface area contributed by atoms with Gasteiger partial charge < -0.3 is 9.59 Å². The summed E-state index contributed by atoms with van der Waals surface area (Å²) < 4.78 is 1.28. The smallest absolute Gasteiger partial charge is 0.276 e. The van der Waals surface area contributed by atoms with Crippen LogP contribution in [0.2, 0.25) is 0 Å². The fraction of sp³-hybridized carbons (Fsp3) is 0.571. The van der Waals surface area contributed by atoms with Crippen LogP contribution >= 0.6 is 0 Å². The molecular weight excluding hydrogens is 290 g/mol. The van der Waals surface area contributed by atoms with E-state index in [1.54, 1.807) is 0 Å². The summed E-state index contributed by atoms with van der Waals surface area (Å²) >= 11 is 0. The number of hydrogen-bond acceptors (Lipinski definition) is 5. The van der Waals surface area contributed by atoms with Crippen LogP contribution in [0.3, 0.4) is 0 Å². The number of non-ortho nitro benzene ring substituents is 1. The van der Waals surface area contributed by atoms with Gasteiger partial charge in [0.15, 0.2) is 0 Å². The van der Waals surface area contributed by atoms with E-state index in [1.165, 1.54) is 30.7 Å². The van der Waals surface area contributed by atoms with E-state index in [-0.39, 0.29) is 0 Å². The number of rotatable bonds is 6. The molecule has 0 saturated carbocycles. The molecule has 0 bridgehead atoms. The highest BCUT2D eigenvalue weighted by Crippen LogP contribution is 2.27. The molecule has 0 spiro atoms. The molecule has 0 aliphatic rings. The van der Waals surface area contributed by atoms with Crippen molar-refractivity contribution in [2.75, 3.05) is 26.2 Å². The monoisotopic (exact) mass is 313 g/mol. The van der Waals surface area contributed by atoms with Gasteiger partial charge in [0.25, 0.3) is 11.4 Å². The standard InChI is InChI=1S/C8H20N.C6H4N2O5/c1-5-9(6-2,7-3)8-4;9-6-2-1-4(7(10)11)3-5(6)8(12)13/h5-8H2,1-4H3;1-3,9H/q+1;/p-1. The Morgan fingerprint density at radius 1 is 0.909 bits per heavy atom. The van der Waals surface area contributed by atoms with Gasteiger partial charge in [0, 0.05) is 6.07 Å². The maximum absolute atomic E-state index is 10.8. The third-order valence-corrected chi connectivity index (χ3v) is 4.03. The Morgan fingerprint density at radius 2 is 1.36 bits per heavy atom. The zero-order valence-electron chi connectivity index (χ0n) is 13.4. The van der Waals surface area contributed by atoms with Crippen LogP contribution < -0.4 is 5.11 Å². The minimum atomic E-state index is -0.949. The van der Waals surface area contributed by atoms with Gasteiger partial charge in [0.2, 0.25) is 0 Å². The van der Waals surface area contributed by atoms with Crippen molar-refractivity contribution < 1.29 is 19.4 Å². The fourth-order valence-electron chi connectivity index (χ4n) is 2.10. The fourth-order valence-corrected chi connectivity index (χ4v) is 2.10. The van der Waals surface area contributed by atoms with Gasteiger partial charge in [-0.1, -0.05) is 6.07 Å². The van der Waals surface area contributed by atoms with E-state index in [2.05, 4.69) is 27.7 Å². The molecule has 0 atom stereocenters. The summed E-state index contributed by atoms with van der Waals surface area (Å²) in [5, 5.41) is 31.1. The Morgan fingerprint density at radius 3 is 1.64 bits per heavy atom. The highest BCUT2D eigenvalue weighted by Gasteiger charge is 2.16. The van der Waals surface area contributed by atoms with Crippen molar-refractivity contribution >= 4 is 11.4 Å². The molecule has 8 heteroatoms. The Kier molecular flexibility index (Phi) is 8.03. The second-order valence-corrected chi connectivity index (χ2v) is 4.77. The highest BCUT2D eigenvalue weighted by atomic mass is 16.6. The van der Waals surface area contributed by atoms with E-state index in [1.807, 2.05) is 0 Å². The second kappa shape index (κ2) is 8.93. The quantitative estimate of drug-likeness (QED) is 0.455.